The Hall–Kier alpha value is -1.02. The van der Waals surface area contributed by atoms with E-state index < -0.39 is 0 Å². The first-order chi connectivity index (χ1) is 9.99. The zero-order valence-corrected chi connectivity index (χ0v) is 13.7. The first-order valence-corrected chi connectivity index (χ1v) is 8.46. The number of nitrogens with one attached hydrogen (secondary N) is 1. The maximum absolute atomic E-state index is 6.09. The fourth-order valence-electron chi connectivity index (χ4n) is 3.90. The summed E-state index contributed by atoms with van der Waals surface area (Å²) in [7, 11) is 0. The highest BCUT2D eigenvalue weighted by molar-refractivity contribution is 5.28. The molecule has 0 amide bonds. The van der Waals surface area contributed by atoms with E-state index in [9.17, 15) is 0 Å². The second kappa shape index (κ2) is 6.00. The zero-order valence-electron chi connectivity index (χ0n) is 13.7. The monoisotopic (exact) mass is 287 g/mol. The third-order valence-corrected chi connectivity index (χ3v) is 5.07. The summed E-state index contributed by atoms with van der Waals surface area (Å²) in [6.07, 6.45) is 5.77. The number of hydrogen-bond acceptors (Lipinski definition) is 2. The fraction of sp³-hybridized carbons (Fsp3) is 0.684. The number of hydrogen-bond donors (Lipinski definition) is 1. The summed E-state index contributed by atoms with van der Waals surface area (Å²) in [4.78, 5) is 0. The summed E-state index contributed by atoms with van der Waals surface area (Å²) >= 11 is 0. The lowest BCUT2D eigenvalue weighted by molar-refractivity contribution is 0.195. The Morgan fingerprint density at radius 2 is 2.05 bits per heavy atom. The van der Waals surface area contributed by atoms with Gasteiger partial charge in [0.2, 0.25) is 0 Å². The van der Waals surface area contributed by atoms with Gasteiger partial charge in [0.15, 0.2) is 0 Å². The summed E-state index contributed by atoms with van der Waals surface area (Å²) in [6.45, 7) is 8.40. The van der Waals surface area contributed by atoms with Crippen LogP contribution in [0.5, 0.6) is 5.75 Å². The van der Waals surface area contributed by atoms with Gasteiger partial charge in [0, 0.05) is 12.1 Å². The van der Waals surface area contributed by atoms with Gasteiger partial charge in [-0.15, -0.1) is 0 Å². The molecule has 2 fully saturated rings. The second-order valence-electron chi connectivity index (χ2n) is 8.00. The summed E-state index contributed by atoms with van der Waals surface area (Å²) in [5, 5.41) is 3.53. The molecule has 1 aromatic rings. The molecule has 3 atom stereocenters. The molecule has 116 valence electrons. The molecular formula is C19H29NO. The molecule has 0 aromatic heterocycles. The first kappa shape index (κ1) is 14.9. The van der Waals surface area contributed by atoms with Crippen LogP contribution in [0.3, 0.4) is 0 Å². The zero-order chi connectivity index (χ0) is 14.9. The van der Waals surface area contributed by atoms with Crippen LogP contribution in [0, 0.1) is 17.8 Å². The van der Waals surface area contributed by atoms with Crippen molar-refractivity contribution in [2.24, 2.45) is 17.8 Å². The van der Waals surface area contributed by atoms with E-state index in [1.54, 1.807) is 0 Å². The molecule has 2 aliphatic carbocycles. The molecule has 2 heteroatoms. The van der Waals surface area contributed by atoms with Gasteiger partial charge in [-0.05, 0) is 75.5 Å². The second-order valence-corrected chi connectivity index (χ2v) is 8.00. The molecule has 3 rings (SSSR count). The third kappa shape index (κ3) is 4.00. The van der Waals surface area contributed by atoms with Crippen LogP contribution >= 0.6 is 0 Å². The molecule has 1 aromatic carbocycles. The van der Waals surface area contributed by atoms with Crippen molar-refractivity contribution in [3.8, 4) is 5.75 Å². The van der Waals surface area contributed by atoms with Crippen LogP contribution in [0.15, 0.2) is 24.3 Å². The SMILES string of the molecule is CC(C)(C)NCc1cccc(OCC2CC3CCC2C3)c1. The lowest BCUT2D eigenvalue weighted by atomic mass is 9.89. The maximum atomic E-state index is 6.09. The van der Waals surface area contributed by atoms with Gasteiger partial charge in [-0.1, -0.05) is 18.6 Å². The minimum Gasteiger partial charge on any atom is -0.493 e. The van der Waals surface area contributed by atoms with E-state index in [-0.39, 0.29) is 5.54 Å². The largest absolute Gasteiger partial charge is 0.493 e. The topological polar surface area (TPSA) is 21.3 Å². The van der Waals surface area contributed by atoms with Gasteiger partial charge in [0.1, 0.15) is 5.75 Å². The summed E-state index contributed by atoms with van der Waals surface area (Å²) < 4.78 is 6.09. The van der Waals surface area contributed by atoms with Crippen molar-refractivity contribution in [1.29, 1.82) is 0 Å². The average Bonchev–Trinajstić information content (AvgIpc) is 3.05. The van der Waals surface area contributed by atoms with Crippen LogP contribution in [-0.2, 0) is 6.54 Å². The molecule has 2 nitrogen and oxygen atoms in total. The van der Waals surface area contributed by atoms with E-state index in [0.29, 0.717) is 0 Å². The van der Waals surface area contributed by atoms with E-state index >= 15 is 0 Å². The Morgan fingerprint density at radius 3 is 2.71 bits per heavy atom. The first-order valence-electron chi connectivity index (χ1n) is 8.46. The van der Waals surface area contributed by atoms with Gasteiger partial charge >= 0.3 is 0 Å². The third-order valence-electron chi connectivity index (χ3n) is 5.07. The van der Waals surface area contributed by atoms with Crippen LogP contribution in [0.1, 0.15) is 52.0 Å². The van der Waals surface area contributed by atoms with Gasteiger partial charge < -0.3 is 10.1 Å². The average molecular weight is 287 g/mol. The molecule has 0 aliphatic heterocycles. The number of ether oxygens (including phenoxy) is 1. The standard InChI is InChI=1S/C19H29NO/c1-19(2,3)20-12-15-5-4-6-18(11-15)21-13-17-10-14-7-8-16(17)9-14/h4-6,11,14,16-17,20H,7-10,12-13H2,1-3H3. The van der Waals surface area contributed by atoms with E-state index in [1.165, 1.54) is 31.2 Å². The Bertz CT molecular complexity index is 477. The molecule has 0 heterocycles. The molecule has 21 heavy (non-hydrogen) atoms. The molecule has 2 bridgehead atoms. The van der Waals surface area contributed by atoms with Crippen LogP contribution in [0.25, 0.3) is 0 Å². The van der Waals surface area contributed by atoms with Crippen LogP contribution in [0.2, 0.25) is 0 Å². The van der Waals surface area contributed by atoms with Crippen molar-refractivity contribution < 1.29 is 4.74 Å². The Labute approximate surface area is 129 Å². The number of fused-ring (bicyclic) bond motifs is 2. The van der Waals surface area contributed by atoms with Crippen molar-refractivity contribution >= 4 is 0 Å². The van der Waals surface area contributed by atoms with Crippen molar-refractivity contribution in [3.63, 3.8) is 0 Å². The predicted octanol–water partition coefficient (Wildman–Crippen LogP) is 4.39. The number of benzene rings is 1. The fourth-order valence-corrected chi connectivity index (χ4v) is 3.90. The molecule has 3 unspecified atom stereocenters. The Morgan fingerprint density at radius 1 is 1.19 bits per heavy atom. The quantitative estimate of drug-likeness (QED) is 0.867. The van der Waals surface area contributed by atoms with Crippen molar-refractivity contribution in [1.82, 2.24) is 5.32 Å². The Kier molecular flexibility index (Phi) is 4.26. The molecule has 0 spiro atoms. The van der Waals surface area contributed by atoms with Crippen molar-refractivity contribution in [2.45, 2.75) is 58.5 Å². The lowest BCUT2D eigenvalue weighted by Crippen LogP contribution is -2.35. The molecule has 2 aliphatic rings. The number of rotatable bonds is 5. The minimum absolute atomic E-state index is 0.153. The highest BCUT2D eigenvalue weighted by Gasteiger charge is 2.39. The highest BCUT2D eigenvalue weighted by Crippen LogP contribution is 2.48. The normalized spacial score (nSPS) is 28.0. The van der Waals surface area contributed by atoms with Crippen LogP contribution < -0.4 is 10.1 Å². The lowest BCUT2D eigenvalue weighted by Gasteiger charge is -2.22. The van der Waals surface area contributed by atoms with Gasteiger partial charge in [-0.25, -0.2) is 0 Å². The maximum Gasteiger partial charge on any atom is 0.119 e. The van der Waals surface area contributed by atoms with Crippen molar-refractivity contribution in [2.75, 3.05) is 6.61 Å². The van der Waals surface area contributed by atoms with E-state index in [2.05, 4.69) is 50.4 Å². The molecule has 0 saturated heterocycles. The van der Waals surface area contributed by atoms with Crippen molar-refractivity contribution in [3.05, 3.63) is 29.8 Å². The molecule has 0 radical (unpaired) electrons. The van der Waals surface area contributed by atoms with Gasteiger partial charge in [-0.3, -0.25) is 0 Å². The van der Waals surface area contributed by atoms with Crippen LogP contribution in [0.4, 0.5) is 0 Å². The van der Waals surface area contributed by atoms with E-state index in [1.807, 2.05) is 0 Å². The van der Waals surface area contributed by atoms with Gasteiger partial charge in [-0.2, -0.15) is 0 Å². The van der Waals surface area contributed by atoms with E-state index in [4.69, 9.17) is 4.74 Å². The van der Waals surface area contributed by atoms with Gasteiger partial charge in [0.05, 0.1) is 6.61 Å². The summed E-state index contributed by atoms with van der Waals surface area (Å²) in [6, 6.07) is 8.55. The smallest absolute Gasteiger partial charge is 0.119 e. The predicted molar refractivity (Wildman–Crippen MR) is 87.5 cm³/mol. The summed E-state index contributed by atoms with van der Waals surface area (Å²) in [5.41, 5.74) is 1.45. The Balaban J connectivity index is 1.51. The minimum atomic E-state index is 0.153. The van der Waals surface area contributed by atoms with Crippen LogP contribution in [-0.4, -0.2) is 12.1 Å². The van der Waals surface area contributed by atoms with Gasteiger partial charge in [0.25, 0.3) is 0 Å². The highest BCUT2D eigenvalue weighted by atomic mass is 16.5. The molecule has 1 N–H and O–H groups in total. The van der Waals surface area contributed by atoms with E-state index in [0.717, 1.165) is 36.7 Å². The molecular weight excluding hydrogens is 258 g/mol. The molecule has 2 saturated carbocycles. The summed E-state index contributed by atoms with van der Waals surface area (Å²) in [5.74, 6) is 3.79.